The Balaban J connectivity index is 4.72. The van der Waals surface area contributed by atoms with Gasteiger partial charge in [0, 0.05) is 7.05 Å². The van der Waals surface area contributed by atoms with Crippen LogP contribution in [0.3, 0.4) is 0 Å². The lowest BCUT2D eigenvalue weighted by Crippen LogP contribution is -2.25. The van der Waals surface area contributed by atoms with Crippen LogP contribution in [0, 0.1) is 0 Å². The van der Waals surface area contributed by atoms with Crippen molar-refractivity contribution >= 4 is 0 Å². The van der Waals surface area contributed by atoms with E-state index in [1.165, 1.54) is 5.57 Å². The average Bonchev–Trinajstić information content (AvgIpc) is 2.17. The van der Waals surface area contributed by atoms with Crippen molar-refractivity contribution in [2.45, 2.75) is 19.9 Å². The molecule has 0 N–H and O–H groups in total. The number of hydrogen-bond acceptors (Lipinski definition) is 1. The highest BCUT2D eigenvalue weighted by atomic mass is 15.1. The SMILES string of the molecule is C=CC(C(/C=C\C)=C/C)N(C)C=C. The van der Waals surface area contributed by atoms with Gasteiger partial charge in [-0.3, -0.25) is 0 Å². The van der Waals surface area contributed by atoms with Crippen LogP contribution in [-0.2, 0) is 0 Å². The Hall–Kier alpha value is -1.24. The van der Waals surface area contributed by atoms with Crippen molar-refractivity contribution in [2.24, 2.45) is 0 Å². The molecule has 0 spiro atoms. The second kappa shape index (κ2) is 6.30. The Morgan fingerprint density at radius 2 is 1.92 bits per heavy atom. The lowest BCUT2D eigenvalue weighted by molar-refractivity contribution is 0.430. The average molecular weight is 177 g/mol. The predicted molar refractivity (Wildman–Crippen MR) is 60.5 cm³/mol. The molecular weight excluding hydrogens is 158 g/mol. The molecule has 0 fully saturated rings. The highest BCUT2D eigenvalue weighted by Crippen LogP contribution is 2.12. The minimum absolute atomic E-state index is 0.221. The van der Waals surface area contributed by atoms with Crippen LogP contribution in [0.4, 0.5) is 0 Å². The van der Waals surface area contributed by atoms with Gasteiger partial charge in [-0.2, -0.15) is 0 Å². The summed E-state index contributed by atoms with van der Waals surface area (Å²) in [6.45, 7) is 11.6. The standard InChI is InChI=1S/C12H19N/c1-6-10-11(7-2)12(8-3)13(5)9-4/h6-10,12H,3-4H2,1-2,5H3/b10-6-,11-7+. The fourth-order valence-electron chi connectivity index (χ4n) is 1.21. The van der Waals surface area contributed by atoms with Gasteiger partial charge in [0.05, 0.1) is 6.04 Å². The molecule has 0 aliphatic heterocycles. The van der Waals surface area contributed by atoms with Gasteiger partial charge >= 0.3 is 0 Å². The largest absolute Gasteiger partial charge is 0.371 e. The Bertz CT molecular complexity index is 223. The van der Waals surface area contributed by atoms with Crippen molar-refractivity contribution in [1.82, 2.24) is 4.90 Å². The van der Waals surface area contributed by atoms with Crippen molar-refractivity contribution in [3.63, 3.8) is 0 Å². The maximum atomic E-state index is 3.82. The fourth-order valence-corrected chi connectivity index (χ4v) is 1.21. The summed E-state index contributed by atoms with van der Waals surface area (Å²) >= 11 is 0. The third-order valence-corrected chi connectivity index (χ3v) is 1.98. The van der Waals surface area contributed by atoms with Gasteiger partial charge in [-0.05, 0) is 25.6 Å². The molecule has 0 aromatic carbocycles. The molecule has 0 saturated carbocycles. The molecule has 1 heteroatoms. The van der Waals surface area contributed by atoms with Crippen molar-refractivity contribution in [1.29, 1.82) is 0 Å². The molecule has 0 rings (SSSR count). The molecule has 0 amide bonds. The van der Waals surface area contributed by atoms with Gasteiger partial charge in [-0.15, -0.1) is 6.58 Å². The van der Waals surface area contributed by atoms with E-state index < -0.39 is 0 Å². The molecule has 0 radical (unpaired) electrons. The third-order valence-electron chi connectivity index (χ3n) is 1.98. The van der Waals surface area contributed by atoms with Crippen LogP contribution < -0.4 is 0 Å². The van der Waals surface area contributed by atoms with E-state index in [9.17, 15) is 0 Å². The summed E-state index contributed by atoms with van der Waals surface area (Å²) in [6, 6.07) is 0.221. The fraction of sp³-hybridized carbons (Fsp3) is 0.333. The molecule has 0 aliphatic carbocycles. The van der Waals surface area contributed by atoms with Crippen LogP contribution in [0.25, 0.3) is 0 Å². The second-order valence-corrected chi connectivity index (χ2v) is 2.82. The smallest absolute Gasteiger partial charge is 0.0711 e. The van der Waals surface area contributed by atoms with Crippen LogP contribution in [-0.4, -0.2) is 18.0 Å². The van der Waals surface area contributed by atoms with Crippen LogP contribution in [0.2, 0.25) is 0 Å². The monoisotopic (exact) mass is 177 g/mol. The van der Waals surface area contributed by atoms with E-state index in [4.69, 9.17) is 0 Å². The minimum Gasteiger partial charge on any atom is -0.371 e. The van der Waals surface area contributed by atoms with E-state index >= 15 is 0 Å². The number of hydrogen-bond donors (Lipinski definition) is 0. The zero-order valence-electron chi connectivity index (χ0n) is 8.83. The summed E-state index contributed by atoms with van der Waals surface area (Å²) in [5.74, 6) is 0. The highest BCUT2D eigenvalue weighted by Gasteiger charge is 2.09. The molecule has 1 atom stereocenters. The first-order valence-electron chi connectivity index (χ1n) is 4.47. The lowest BCUT2D eigenvalue weighted by Gasteiger charge is -2.24. The normalized spacial score (nSPS) is 14.2. The maximum Gasteiger partial charge on any atom is 0.0711 e. The Labute approximate surface area is 81.8 Å². The van der Waals surface area contributed by atoms with Crippen molar-refractivity contribution in [3.05, 3.63) is 49.2 Å². The van der Waals surface area contributed by atoms with Gasteiger partial charge in [-0.25, -0.2) is 0 Å². The van der Waals surface area contributed by atoms with Crippen molar-refractivity contribution in [3.8, 4) is 0 Å². The van der Waals surface area contributed by atoms with Crippen molar-refractivity contribution in [2.75, 3.05) is 7.05 Å². The van der Waals surface area contributed by atoms with Gasteiger partial charge in [0.1, 0.15) is 0 Å². The number of rotatable bonds is 5. The first-order valence-corrected chi connectivity index (χ1v) is 4.47. The molecule has 0 saturated heterocycles. The molecule has 1 unspecified atom stereocenters. The van der Waals surface area contributed by atoms with E-state index in [-0.39, 0.29) is 6.04 Å². The van der Waals surface area contributed by atoms with Gasteiger partial charge in [0.15, 0.2) is 0 Å². The first kappa shape index (κ1) is 11.8. The van der Waals surface area contributed by atoms with Crippen molar-refractivity contribution < 1.29 is 0 Å². The van der Waals surface area contributed by atoms with Crippen LogP contribution >= 0.6 is 0 Å². The molecule has 0 aliphatic rings. The third kappa shape index (κ3) is 3.32. The highest BCUT2D eigenvalue weighted by molar-refractivity contribution is 5.28. The Kier molecular flexibility index (Phi) is 5.69. The van der Waals surface area contributed by atoms with E-state index in [0.29, 0.717) is 0 Å². The lowest BCUT2D eigenvalue weighted by atomic mass is 10.1. The zero-order valence-corrected chi connectivity index (χ0v) is 8.83. The zero-order chi connectivity index (χ0) is 10.3. The molecule has 0 aromatic heterocycles. The van der Waals surface area contributed by atoms with Gasteiger partial charge in [0.2, 0.25) is 0 Å². The molecule has 1 nitrogen and oxygen atoms in total. The van der Waals surface area contributed by atoms with E-state index in [1.54, 1.807) is 6.20 Å². The number of allylic oxidation sites excluding steroid dienone is 2. The topological polar surface area (TPSA) is 3.24 Å². The summed E-state index contributed by atoms with van der Waals surface area (Å²) < 4.78 is 0. The molecular formula is C12H19N. The van der Waals surface area contributed by atoms with Crippen LogP contribution in [0.15, 0.2) is 49.2 Å². The Morgan fingerprint density at radius 1 is 1.31 bits per heavy atom. The quantitative estimate of drug-likeness (QED) is 0.460. The number of likely N-dealkylation sites (N-methyl/N-ethyl adjacent to an activating group) is 1. The van der Waals surface area contributed by atoms with E-state index in [0.717, 1.165) is 0 Å². The summed E-state index contributed by atoms with van der Waals surface area (Å²) in [5, 5.41) is 0. The first-order chi connectivity index (χ1) is 6.21. The summed E-state index contributed by atoms with van der Waals surface area (Å²) in [4.78, 5) is 2.03. The van der Waals surface area contributed by atoms with Gasteiger partial charge < -0.3 is 4.90 Å². The number of nitrogens with zero attached hydrogens (tertiary/aromatic N) is 1. The van der Waals surface area contributed by atoms with E-state index in [2.05, 4.69) is 25.3 Å². The van der Waals surface area contributed by atoms with Gasteiger partial charge in [-0.1, -0.05) is 30.9 Å². The van der Waals surface area contributed by atoms with Gasteiger partial charge in [0.25, 0.3) is 0 Å². The summed E-state index contributed by atoms with van der Waals surface area (Å²) in [7, 11) is 1.99. The minimum atomic E-state index is 0.221. The van der Waals surface area contributed by atoms with E-state index in [1.807, 2.05) is 37.9 Å². The molecule has 0 heterocycles. The second-order valence-electron chi connectivity index (χ2n) is 2.82. The predicted octanol–water partition coefficient (Wildman–Crippen LogP) is 3.14. The summed E-state index contributed by atoms with van der Waals surface area (Å²) in [5.41, 5.74) is 1.24. The Morgan fingerprint density at radius 3 is 2.23 bits per heavy atom. The molecule has 72 valence electrons. The van der Waals surface area contributed by atoms with Crippen LogP contribution in [0.5, 0.6) is 0 Å². The molecule has 0 bridgehead atoms. The molecule has 0 aromatic rings. The maximum absolute atomic E-state index is 3.82. The van der Waals surface area contributed by atoms with Crippen LogP contribution in [0.1, 0.15) is 13.8 Å². The summed E-state index contributed by atoms with van der Waals surface area (Å²) in [6.07, 6.45) is 9.93. The molecule has 13 heavy (non-hydrogen) atoms.